The Hall–Kier alpha value is -2.44. The molecule has 0 N–H and O–H groups in total. The summed E-state index contributed by atoms with van der Waals surface area (Å²) in [6, 6.07) is 4.58. The zero-order valence-corrected chi connectivity index (χ0v) is 13.5. The number of likely N-dealkylation sites (N-methyl/N-ethyl adjacent to an activating group) is 1. The van der Waals surface area contributed by atoms with Gasteiger partial charge < -0.3 is 14.7 Å². The minimum atomic E-state index is -0.694. The van der Waals surface area contributed by atoms with Crippen LogP contribution in [0.5, 0.6) is 0 Å². The molecule has 0 saturated carbocycles. The molecule has 0 unspecified atom stereocenters. The highest BCUT2D eigenvalue weighted by molar-refractivity contribution is 5.95. The minimum Gasteiger partial charge on any atom is -0.347 e. The maximum absolute atomic E-state index is 13.0. The van der Waals surface area contributed by atoms with Gasteiger partial charge in [-0.15, -0.1) is 0 Å². The molecule has 1 aliphatic rings. The van der Waals surface area contributed by atoms with Crippen molar-refractivity contribution in [2.45, 2.75) is 13.0 Å². The summed E-state index contributed by atoms with van der Waals surface area (Å²) < 4.78 is 13.0. The van der Waals surface area contributed by atoms with Gasteiger partial charge in [-0.1, -0.05) is 0 Å². The number of nitrogens with zero attached hydrogens (tertiary/aromatic N) is 3. The van der Waals surface area contributed by atoms with Crippen molar-refractivity contribution in [1.82, 2.24) is 14.7 Å². The molecule has 124 valence electrons. The third-order valence-electron chi connectivity index (χ3n) is 3.89. The number of piperazine rings is 1. The van der Waals surface area contributed by atoms with Crippen LogP contribution in [0.15, 0.2) is 24.3 Å². The summed E-state index contributed by atoms with van der Waals surface area (Å²) in [4.78, 5) is 41.0. The summed E-state index contributed by atoms with van der Waals surface area (Å²) in [5.74, 6) is -1.11. The molecule has 23 heavy (non-hydrogen) atoms. The summed E-state index contributed by atoms with van der Waals surface area (Å²) in [5.41, 5.74) is 0.360. The Morgan fingerprint density at radius 3 is 2.26 bits per heavy atom. The number of benzene rings is 1. The summed E-state index contributed by atoms with van der Waals surface area (Å²) in [7, 11) is 3.22. The molecule has 1 aromatic rings. The lowest BCUT2D eigenvalue weighted by Crippen LogP contribution is -2.61. The van der Waals surface area contributed by atoms with Crippen LogP contribution in [0.4, 0.5) is 4.39 Å². The van der Waals surface area contributed by atoms with Gasteiger partial charge >= 0.3 is 0 Å². The number of hydrogen-bond acceptors (Lipinski definition) is 3. The molecule has 7 heteroatoms. The molecule has 1 aliphatic heterocycles. The summed E-state index contributed by atoms with van der Waals surface area (Å²) in [6.45, 7) is 2.18. The summed E-state index contributed by atoms with van der Waals surface area (Å²) in [5, 5.41) is 0. The van der Waals surface area contributed by atoms with E-state index in [1.807, 2.05) is 0 Å². The van der Waals surface area contributed by atoms with E-state index in [0.29, 0.717) is 18.7 Å². The molecule has 1 saturated heterocycles. The zero-order valence-electron chi connectivity index (χ0n) is 13.5. The molecule has 1 heterocycles. The van der Waals surface area contributed by atoms with E-state index in [0.717, 1.165) is 0 Å². The lowest BCUT2D eigenvalue weighted by atomic mass is 10.1. The van der Waals surface area contributed by atoms with Crippen LogP contribution in [0, 0.1) is 5.82 Å². The number of hydrogen-bond donors (Lipinski definition) is 0. The van der Waals surface area contributed by atoms with Crippen molar-refractivity contribution in [2.75, 3.05) is 33.7 Å². The normalized spacial score (nSPS) is 17.8. The molecule has 0 aromatic heterocycles. The van der Waals surface area contributed by atoms with Gasteiger partial charge in [0.1, 0.15) is 11.9 Å². The fourth-order valence-electron chi connectivity index (χ4n) is 2.63. The molecule has 0 radical (unpaired) electrons. The third-order valence-corrected chi connectivity index (χ3v) is 3.89. The first-order valence-corrected chi connectivity index (χ1v) is 7.34. The van der Waals surface area contributed by atoms with Crippen LogP contribution >= 0.6 is 0 Å². The second kappa shape index (κ2) is 6.76. The zero-order chi connectivity index (χ0) is 17.1. The molecule has 1 atom stereocenters. The predicted octanol–water partition coefficient (Wildman–Crippen LogP) is 0.587. The first-order chi connectivity index (χ1) is 10.8. The molecule has 6 nitrogen and oxygen atoms in total. The number of carbonyl (C=O) groups excluding carboxylic acids is 3. The standard InChI is InChI=1S/C16H20FN3O3/c1-11(21)20-9-8-19(10-14(20)16(23)18(2)3)15(22)12-4-6-13(17)7-5-12/h4-7,14H,8-10H2,1-3H3/t14-/m1/s1. The molecule has 0 bridgehead atoms. The van der Waals surface area contributed by atoms with Crippen LogP contribution in [0.25, 0.3) is 0 Å². The fourth-order valence-corrected chi connectivity index (χ4v) is 2.63. The molecular formula is C16H20FN3O3. The van der Waals surface area contributed by atoms with Crippen LogP contribution < -0.4 is 0 Å². The first-order valence-electron chi connectivity index (χ1n) is 7.34. The van der Waals surface area contributed by atoms with E-state index in [9.17, 15) is 18.8 Å². The average Bonchev–Trinajstić information content (AvgIpc) is 2.53. The molecular weight excluding hydrogens is 301 g/mol. The van der Waals surface area contributed by atoms with Gasteiger partial charge in [0.2, 0.25) is 11.8 Å². The average molecular weight is 321 g/mol. The highest BCUT2D eigenvalue weighted by Crippen LogP contribution is 2.15. The van der Waals surface area contributed by atoms with Gasteiger partial charge in [0, 0.05) is 39.7 Å². The monoisotopic (exact) mass is 321 g/mol. The second-order valence-electron chi connectivity index (χ2n) is 5.72. The Balaban J connectivity index is 2.19. The van der Waals surface area contributed by atoms with Gasteiger partial charge in [0.15, 0.2) is 0 Å². The van der Waals surface area contributed by atoms with Crippen molar-refractivity contribution in [3.05, 3.63) is 35.6 Å². The van der Waals surface area contributed by atoms with Gasteiger partial charge in [-0.2, -0.15) is 0 Å². The van der Waals surface area contributed by atoms with Crippen molar-refractivity contribution in [3.8, 4) is 0 Å². The maximum atomic E-state index is 13.0. The van der Waals surface area contributed by atoms with E-state index in [4.69, 9.17) is 0 Å². The van der Waals surface area contributed by atoms with Crippen LogP contribution in [0.3, 0.4) is 0 Å². The Morgan fingerprint density at radius 1 is 1.13 bits per heavy atom. The number of amides is 3. The topological polar surface area (TPSA) is 60.9 Å². The summed E-state index contributed by atoms with van der Waals surface area (Å²) >= 11 is 0. The smallest absolute Gasteiger partial charge is 0.254 e. The molecule has 3 amide bonds. The lowest BCUT2D eigenvalue weighted by Gasteiger charge is -2.41. The van der Waals surface area contributed by atoms with Crippen molar-refractivity contribution in [1.29, 1.82) is 0 Å². The van der Waals surface area contributed by atoms with Gasteiger partial charge in [0.25, 0.3) is 5.91 Å². The van der Waals surface area contributed by atoms with Crippen molar-refractivity contribution in [2.24, 2.45) is 0 Å². The first kappa shape index (κ1) is 16.9. The maximum Gasteiger partial charge on any atom is 0.254 e. The van der Waals surface area contributed by atoms with Crippen molar-refractivity contribution in [3.63, 3.8) is 0 Å². The van der Waals surface area contributed by atoms with E-state index < -0.39 is 11.9 Å². The van der Waals surface area contributed by atoms with Crippen LogP contribution in [0.2, 0.25) is 0 Å². The highest BCUT2D eigenvalue weighted by atomic mass is 19.1. The number of rotatable bonds is 2. The van der Waals surface area contributed by atoms with Crippen LogP contribution in [-0.2, 0) is 9.59 Å². The van der Waals surface area contributed by atoms with Gasteiger partial charge in [-0.25, -0.2) is 4.39 Å². The van der Waals surface area contributed by atoms with Crippen LogP contribution in [-0.4, -0.2) is 72.2 Å². The van der Waals surface area contributed by atoms with E-state index in [1.54, 1.807) is 14.1 Å². The van der Waals surface area contributed by atoms with Gasteiger partial charge in [-0.3, -0.25) is 14.4 Å². The Morgan fingerprint density at radius 2 is 1.74 bits per heavy atom. The Labute approximate surface area is 134 Å². The quantitative estimate of drug-likeness (QED) is 0.801. The van der Waals surface area contributed by atoms with Gasteiger partial charge in [0.05, 0.1) is 6.54 Å². The van der Waals surface area contributed by atoms with Crippen molar-refractivity contribution >= 4 is 17.7 Å². The molecule has 2 rings (SSSR count). The largest absolute Gasteiger partial charge is 0.347 e. The van der Waals surface area contributed by atoms with Gasteiger partial charge in [-0.05, 0) is 24.3 Å². The SMILES string of the molecule is CC(=O)N1CCN(C(=O)c2ccc(F)cc2)C[C@@H]1C(=O)N(C)C. The Kier molecular flexibility index (Phi) is 4.98. The predicted molar refractivity (Wildman–Crippen MR) is 82.2 cm³/mol. The van der Waals surface area contributed by atoms with Crippen LogP contribution in [0.1, 0.15) is 17.3 Å². The van der Waals surface area contributed by atoms with Crippen molar-refractivity contribution < 1.29 is 18.8 Å². The van der Waals surface area contributed by atoms with E-state index in [1.165, 1.54) is 45.9 Å². The molecule has 1 fully saturated rings. The third kappa shape index (κ3) is 3.67. The second-order valence-corrected chi connectivity index (χ2v) is 5.72. The lowest BCUT2D eigenvalue weighted by molar-refractivity contribution is -0.146. The fraction of sp³-hybridized carbons (Fsp3) is 0.438. The molecule has 1 aromatic carbocycles. The minimum absolute atomic E-state index is 0.132. The Bertz CT molecular complexity index is 616. The number of halogens is 1. The molecule has 0 spiro atoms. The number of carbonyl (C=O) groups is 3. The van der Waals surface area contributed by atoms with E-state index in [-0.39, 0.29) is 24.3 Å². The van der Waals surface area contributed by atoms with E-state index >= 15 is 0 Å². The summed E-state index contributed by atoms with van der Waals surface area (Å²) in [6.07, 6.45) is 0. The molecule has 0 aliphatic carbocycles. The van der Waals surface area contributed by atoms with E-state index in [2.05, 4.69) is 0 Å². The highest BCUT2D eigenvalue weighted by Gasteiger charge is 2.36.